The van der Waals surface area contributed by atoms with E-state index in [1.807, 2.05) is 0 Å². The molecular formula is C9H8F4N-. The summed E-state index contributed by atoms with van der Waals surface area (Å²) in [5.74, 6) is -0.663. The molecule has 0 bridgehead atoms. The molecule has 1 nitrogen and oxygen atoms in total. The lowest BCUT2D eigenvalue weighted by Crippen LogP contribution is -2.06. The summed E-state index contributed by atoms with van der Waals surface area (Å²) in [6.07, 6.45) is -4.43. The van der Waals surface area contributed by atoms with Crippen LogP contribution in [0.1, 0.15) is 11.1 Å². The van der Waals surface area contributed by atoms with Gasteiger partial charge in [-0.1, -0.05) is 0 Å². The lowest BCUT2D eigenvalue weighted by atomic mass is 10.1. The second kappa shape index (κ2) is 3.96. The molecule has 0 aliphatic carbocycles. The molecule has 0 spiro atoms. The number of rotatable bonds is 2. The van der Waals surface area contributed by atoms with Gasteiger partial charge in [0.2, 0.25) is 0 Å². The second-order valence-corrected chi connectivity index (χ2v) is 2.78. The van der Waals surface area contributed by atoms with E-state index in [1.165, 1.54) is 7.05 Å². The minimum atomic E-state index is -4.43. The van der Waals surface area contributed by atoms with E-state index in [1.54, 1.807) is 0 Å². The highest BCUT2D eigenvalue weighted by molar-refractivity contribution is 5.28. The van der Waals surface area contributed by atoms with E-state index in [2.05, 4.69) is 5.32 Å². The molecule has 0 aromatic heterocycles. The number of nitrogens with zero attached hydrogens (tertiary/aromatic N) is 1. The van der Waals surface area contributed by atoms with Gasteiger partial charge in [-0.25, -0.2) is 4.39 Å². The summed E-state index contributed by atoms with van der Waals surface area (Å²) >= 11 is 0. The van der Waals surface area contributed by atoms with Gasteiger partial charge >= 0.3 is 6.18 Å². The van der Waals surface area contributed by atoms with Crippen LogP contribution in [0.5, 0.6) is 0 Å². The van der Waals surface area contributed by atoms with Gasteiger partial charge in [-0.15, -0.1) is 6.54 Å². The van der Waals surface area contributed by atoms with Crippen LogP contribution in [0.15, 0.2) is 18.2 Å². The Labute approximate surface area is 78.7 Å². The van der Waals surface area contributed by atoms with Crippen LogP contribution in [-0.4, -0.2) is 7.05 Å². The average molecular weight is 206 g/mol. The van der Waals surface area contributed by atoms with Crippen LogP contribution in [-0.2, 0) is 12.7 Å². The molecule has 1 aromatic rings. The van der Waals surface area contributed by atoms with Crippen molar-refractivity contribution in [3.8, 4) is 0 Å². The molecule has 0 N–H and O–H groups in total. The molecule has 0 unspecified atom stereocenters. The van der Waals surface area contributed by atoms with Gasteiger partial charge in [0.05, 0.1) is 5.56 Å². The predicted molar refractivity (Wildman–Crippen MR) is 44.4 cm³/mol. The Hall–Kier alpha value is -1.10. The minimum Gasteiger partial charge on any atom is -0.661 e. The maximum Gasteiger partial charge on any atom is 0.416 e. The van der Waals surface area contributed by atoms with E-state index >= 15 is 0 Å². The van der Waals surface area contributed by atoms with E-state index in [0.717, 1.165) is 12.1 Å². The van der Waals surface area contributed by atoms with Gasteiger partial charge in [0.15, 0.2) is 0 Å². The number of hydrogen-bond acceptors (Lipinski definition) is 0. The van der Waals surface area contributed by atoms with Crippen LogP contribution < -0.4 is 0 Å². The molecule has 14 heavy (non-hydrogen) atoms. The molecule has 5 heteroatoms. The SMILES string of the molecule is C[N-]Cc1cc(C(F)(F)F)ccc1F. The van der Waals surface area contributed by atoms with Crippen molar-refractivity contribution >= 4 is 0 Å². The molecule has 78 valence electrons. The molecule has 1 rings (SSSR count). The fourth-order valence-corrected chi connectivity index (χ4v) is 1.04. The van der Waals surface area contributed by atoms with Crippen molar-refractivity contribution in [3.63, 3.8) is 0 Å². The molecular weight excluding hydrogens is 198 g/mol. The maximum absolute atomic E-state index is 12.9. The van der Waals surface area contributed by atoms with Crippen LogP contribution in [0, 0.1) is 5.82 Å². The Bertz CT molecular complexity index is 319. The number of benzene rings is 1. The van der Waals surface area contributed by atoms with Crippen molar-refractivity contribution in [2.24, 2.45) is 0 Å². The van der Waals surface area contributed by atoms with Gasteiger partial charge in [0.25, 0.3) is 0 Å². The quantitative estimate of drug-likeness (QED) is 0.659. The third-order valence-electron chi connectivity index (χ3n) is 1.70. The van der Waals surface area contributed by atoms with E-state index in [0.29, 0.717) is 6.07 Å². The number of hydrogen-bond donors (Lipinski definition) is 0. The molecule has 0 radical (unpaired) electrons. The molecule has 0 fully saturated rings. The second-order valence-electron chi connectivity index (χ2n) is 2.78. The first-order valence-electron chi connectivity index (χ1n) is 3.86. The van der Waals surface area contributed by atoms with Crippen LogP contribution in [0.4, 0.5) is 17.6 Å². The summed E-state index contributed by atoms with van der Waals surface area (Å²) in [5.41, 5.74) is -0.889. The van der Waals surface area contributed by atoms with Crippen molar-refractivity contribution < 1.29 is 17.6 Å². The molecule has 0 saturated carbocycles. The minimum absolute atomic E-state index is 0.0395. The van der Waals surface area contributed by atoms with Crippen LogP contribution in [0.25, 0.3) is 5.32 Å². The Morgan fingerprint density at radius 2 is 1.93 bits per heavy atom. The van der Waals surface area contributed by atoms with Gasteiger partial charge < -0.3 is 5.32 Å². The first-order chi connectivity index (χ1) is 6.45. The third kappa shape index (κ3) is 2.45. The fourth-order valence-electron chi connectivity index (χ4n) is 1.04. The summed E-state index contributed by atoms with van der Waals surface area (Å²) in [7, 11) is 1.42. The third-order valence-corrected chi connectivity index (χ3v) is 1.70. The van der Waals surface area contributed by atoms with Crippen LogP contribution in [0.3, 0.4) is 0 Å². The molecule has 0 aliphatic rings. The Kier molecular flexibility index (Phi) is 3.10. The zero-order valence-corrected chi connectivity index (χ0v) is 7.40. The van der Waals surface area contributed by atoms with Gasteiger partial charge in [-0.3, -0.25) is 0 Å². The zero-order chi connectivity index (χ0) is 10.8. The highest BCUT2D eigenvalue weighted by Crippen LogP contribution is 2.30. The van der Waals surface area contributed by atoms with E-state index in [-0.39, 0.29) is 12.1 Å². The van der Waals surface area contributed by atoms with Crippen molar-refractivity contribution in [2.75, 3.05) is 7.05 Å². The number of halogens is 4. The topological polar surface area (TPSA) is 14.1 Å². The largest absolute Gasteiger partial charge is 0.661 e. The molecule has 1 aromatic carbocycles. The molecule has 0 heterocycles. The average Bonchev–Trinajstić information content (AvgIpc) is 2.07. The maximum atomic E-state index is 12.9. The van der Waals surface area contributed by atoms with E-state index < -0.39 is 17.6 Å². The van der Waals surface area contributed by atoms with Gasteiger partial charge in [-0.05, 0) is 23.8 Å². The monoisotopic (exact) mass is 206 g/mol. The summed E-state index contributed by atoms with van der Waals surface area (Å²) < 4.78 is 49.5. The zero-order valence-electron chi connectivity index (χ0n) is 7.40. The lowest BCUT2D eigenvalue weighted by molar-refractivity contribution is -0.137. The van der Waals surface area contributed by atoms with Crippen molar-refractivity contribution in [1.29, 1.82) is 0 Å². The summed E-state index contributed by atoms with van der Waals surface area (Å²) in [6.45, 7) is -0.0459. The summed E-state index contributed by atoms with van der Waals surface area (Å²) in [5, 5.41) is 3.58. The Morgan fingerprint density at radius 3 is 2.43 bits per heavy atom. The van der Waals surface area contributed by atoms with Crippen molar-refractivity contribution in [2.45, 2.75) is 12.7 Å². The highest BCUT2D eigenvalue weighted by Gasteiger charge is 2.30. The van der Waals surface area contributed by atoms with E-state index in [9.17, 15) is 17.6 Å². The molecule has 0 amide bonds. The van der Waals surface area contributed by atoms with E-state index in [4.69, 9.17) is 0 Å². The van der Waals surface area contributed by atoms with Crippen LogP contribution in [0.2, 0.25) is 0 Å². The van der Waals surface area contributed by atoms with Crippen LogP contribution >= 0.6 is 0 Å². The molecule has 0 atom stereocenters. The summed E-state index contributed by atoms with van der Waals surface area (Å²) in [6, 6.07) is 2.31. The highest BCUT2D eigenvalue weighted by atomic mass is 19.4. The summed E-state index contributed by atoms with van der Waals surface area (Å²) in [4.78, 5) is 0. The van der Waals surface area contributed by atoms with Gasteiger partial charge in [0, 0.05) is 0 Å². The normalized spacial score (nSPS) is 11.8. The van der Waals surface area contributed by atoms with Crippen molar-refractivity contribution in [1.82, 2.24) is 0 Å². The smallest absolute Gasteiger partial charge is 0.416 e. The first-order valence-corrected chi connectivity index (χ1v) is 3.86. The number of alkyl halides is 3. The lowest BCUT2D eigenvalue weighted by Gasteiger charge is -2.14. The fraction of sp³-hybridized carbons (Fsp3) is 0.333. The Balaban J connectivity index is 3.06. The van der Waals surface area contributed by atoms with Gasteiger partial charge in [0.1, 0.15) is 5.82 Å². The Morgan fingerprint density at radius 1 is 1.29 bits per heavy atom. The molecule has 0 saturated heterocycles. The standard InChI is InChI=1S/C9H8F4N/c1-14-5-6-4-7(9(11,12)13)2-3-8(6)10/h2-4H,5H2,1H3/q-1. The molecule has 0 aliphatic heterocycles. The first kappa shape index (κ1) is 11.0. The van der Waals surface area contributed by atoms with Gasteiger partial charge in [-0.2, -0.15) is 20.2 Å². The predicted octanol–water partition coefficient (Wildman–Crippen LogP) is 3.35. The van der Waals surface area contributed by atoms with Crippen molar-refractivity contribution in [3.05, 3.63) is 40.5 Å².